The van der Waals surface area contributed by atoms with E-state index >= 15 is 0 Å². The molecule has 0 fully saturated rings. The van der Waals surface area contributed by atoms with Gasteiger partial charge in [0.15, 0.2) is 11.5 Å². The van der Waals surface area contributed by atoms with Crippen LogP contribution in [0.25, 0.3) is 6.08 Å². The molecule has 0 saturated heterocycles. The van der Waals surface area contributed by atoms with Crippen LogP contribution in [0.1, 0.15) is 40.2 Å². The van der Waals surface area contributed by atoms with Crippen molar-refractivity contribution in [1.82, 2.24) is 4.90 Å². The molecule has 0 saturated carbocycles. The van der Waals surface area contributed by atoms with Crippen molar-refractivity contribution in [2.75, 3.05) is 32.6 Å². The molecule has 1 aromatic heterocycles. The molecule has 0 atom stereocenters. The second kappa shape index (κ2) is 10.5. The Bertz CT molecular complexity index is 1000. The molecule has 1 N–H and O–H groups in total. The Hall–Kier alpha value is -3.31. The maximum Gasteiger partial charge on any atom is 0.264 e. The van der Waals surface area contributed by atoms with Crippen LogP contribution in [0.2, 0.25) is 0 Å². The van der Waals surface area contributed by atoms with Crippen LogP contribution in [0, 0.1) is 18.3 Å². The van der Waals surface area contributed by atoms with Gasteiger partial charge >= 0.3 is 0 Å². The van der Waals surface area contributed by atoms with Crippen LogP contribution >= 0.6 is 11.3 Å². The molecule has 2 rings (SSSR count). The molecule has 0 aliphatic rings. The van der Waals surface area contributed by atoms with Crippen LogP contribution in [0.4, 0.5) is 5.00 Å². The highest BCUT2D eigenvalue weighted by Gasteiger charge is 2.23. The average Bonchev–Trinajstić information content (AvgIpc) is 3.07. The molecule has 1 heterocycles. The molecule has 0 aliphatic carbocycles. The van der Waals surface area contributed by atoms with E-state index in [0.29, 0.717) is 45.6 Å². The average molecular weight is 428 g/mol. The molecule has 0 spiro atoms. The summed E-state index contributed by atoms with van der Waals surface area (Å²) in [5.41, 5.74) is 1.64. The minimum atomic E-state index is -0.399. The molecular weight excluding hydrogens is 402 g/mol. The molecule has 8 heteroatoms. The summed E-state index contributed by atoms with van der Waals surface area (Å²) in [6.07, 6.45) is 3.00. The van der Waals surface area contributed by atoms with Crippen molar-refractivity contribution in [3.05, 3.63) is 45.8 Å². The number of hydrogen-bond donors (Lipinski definition) is 1. The Balaban J connectivity index is 2.23. The minimum absolute atomic E-state index is 0.139. The van der Waals surface area contributed by atoms with Crippen molar-refractivity contribution in [3.8, 4) is 17.6 Å². The van der Waals surface area contributed by atoms with Gasteiger partial charge in [0.1, 0.15) is 11.1 Å². The third-order valence-corrected chi connectivity index (χ3v) is 5.77. The molecule has 7 nitrogen and oxygen atoms in total. The summed E-state index contributed by atoms with van der Waals surface area (Å²) >= 11 is 1.12. The summed E-state index contributed by atoms with van der Waals surface area (Å²) in [6, 6.07) is 7.38. The number of amides is 2. The Morgan fingerprint density at radius 3 is 2.43 bits per heavy atom. The number of nitrogens with zero attached hydrogens (tertiary/aromatic N) is 2. The van der Waals surface area contributed by atoms with E-state index in [0.717, 1.165) is 16.9 Å². The summed E-state index contributed by atoms with van der Waals surface area (Å²) in [6.45, 7) is 6.67. The Morgan fingerprint density at radius 2 is 1.87 bits per heavy atom. The molecule has 30 heavy (non-hydrogen) atoms. The van der Waals surface area contributed by atoms with Crippen LogP contribution in [0.3, 0.4) is 0 Å². The third-order valence-electron chi connectivity index (χ3n) is 4.57. The molecule has 2 amide bonds. The van der Waals surface area contributed by atoms with Gasteiger partial charge in [0.05, 0.1) is 24.7 Å². The van der Waals surface area contributed by atoms with Gasteiger partial charge in [-0.3, -0.25) is 9.59 Å². The monoisotopic (exact) mass is 427 g/mol. The van der Waals surface area contributed by atoms with Crippen LogP contribution in [-0.2, 0) is 4.79 Å². The lowest BCUT2D eigenvalue weighted by Gasteiger charge is -2.17. The Morgan fingerprint density at radius 1 is 1.20 bits per heavy atom. The van der Waals surface area contributed by atoms with Gasteiger partial charge in [0.25, 0.3) is 5.91 Å². The van der Waals surface area contributed by atoms with Crippen LogP contribution in [0.15, 0.2) is 24.3 Å². The maximum atomic E-state index is 12.7. The Kier molecular flexibility index (Phi) is 8.01. The van der Waals surface area contributed by atoms with Gasteiger partial charge in [0, 0.05) is 19.2 Å². The van der Waals surface area contributed by atoms with Crippen molar-refractivity contribution in [2.45, 2.75) is 20.8 Å². The van der Waals surface area contributed by atoms with Crippen LogP contribution < -0.4 is 14.8 Å². The number of rotatable bonds is 8. The van der Waals surface area contributed by atoms with Gasteiger partial charge in [-0.25, -0.2) is 0 Å². The predicted octanol–water partition coefficient (Wildman–Crippen LogP) is 4.08. The first-order chi connectivity index (χ1) is 14.4. The number of nitriles is 1. The molecule has 158 valence electrons. The van der Waals surface area contributed by atoms with Gasteiger partial charge in [-0.15, -0.1) is 11.3 Å². The fourth-order valence-corrected chi connectivity index (χ4v) is 4.00. The zero-order chi connectivity index (χ0) is 22.3. The number of anilines is 1. The molecule has 2 aromatic rings. The van der Waals surface area contributed by atoms with Crippen molar-refractivity contribution >= 4 is 34.2 Å². The zero-order valence-corrected chi connectivity index (χ0v) is 18.6. The van der Waals surface area contributed by atoms with Crippen molar-refractivity contribution in [2.24, 2.45) is 0 Å². The summed E-state index contributed by atoms with van der Waals surface area (Å²) in [5.74, 6) is 0.613. The lowest BCUT2D eigenvalue weighted by Crippen LogP contribution is -2.30. The number of thiophene rings is 1. The van der Waals surface area contributed by atoms with Gasteiger partial charge < -0.3 is 19.7 Å². The topological polar surface area (TPSA) is 91.7 Å². The van der Waals surface area contributed by atoms with E-state index < -0.39 is 5.91 Å². The first-order valence-electron chi connectivity index (χ1n) is 9.43. The first kappa shape index (κ1) is 23.0. The number of ether oxygens (including phenoxy) is 2. The highest BCUT2D eigenvalue weighted by Crippen LogP contribution is 2.33. The van der Waals surface area contributed by atoms with Gasteiger partial charge in [-0.1, -0.05) is 6.07 Å². The van der Waals surface area contributed by atoms with Crippen molar-refractivity contribution in [3.63, 3.8) is 0 Å². The van der Waals surface area contributed by atoms with E-state index in [1.54, 1.807) is 43.2 Å². The van der Waals surface area contributed by atoms with Gasteiger partial charge in [-0.2, -0.15) is 5.26 Å². The number of carbonyl (C=O) groups excluding carboxylic acids is 2. The van der Waals surface area contributed by atoms with E-state index in [2.05, 4.69) is 11.4 Å². The lowest BCUT2D eigenvalue weighted by molar-refractivity contribution is -0.111. The normalized spacial score (nSPS) is 10.5. The van der Waals surface area contributed by atoms with E-state index in [4.69, 9.17) is 9.47 Å². The Labute approximate surface area is 180 Å². The van der Waals surface area contributed by atoms with Crippen LogP contribution in [-0.4, -0.2) is 44.0 Å². The molecule has 0 unspecified atom stereocenters. The summed E-state index contributed by atoms with van der Waals surface area (Å²) < 4.78 is 10.5. The number of nitrogens with one attached hydrogen (secondary N) is 1. The largest absolute Gasteiger partial charge is 0.493 e. The number of carbonyl (C=O) groups is 2. The fraction of sp³-hybridized carbons (Fsp3) is 0.318. The van der Waals surface area contributed by atoms with Gasteiger partial charge in [0.2, 0.25) is 5.91 Å². The minimum Gasteiger partial charge on any atom is -0.493 e. The molecule has 0 aliphatic heterocycles. The smallest absolute Gasteiger partial charge is 0.264 e. The predicted molar refractivity (Wildman–Crippen MR) is 118 cm³/mol. The first-order valence-corrected chi connectivity index (χ1v) is 10.3. The third kappa shape index (κ3) is 4.99. The number of hydrogen-bond acceptors (Lipinski definition) is 6. The molecule has 0 radical (unpaired) electrons. The fourth-order valence-electron chi connectivity index (χ4n) is 2.88. The van der Waals surface area contributed by atoms with E-state index in [-0.39, 0.29) is 5.91 Å². The molecule has 0 bridgehead atoms. The summed E-state index contributed by atoms with van der Waals surface area (Å²) in [4.78, 5) is 27.3. The van der Waals surface area contributed by atoms with E-state index in [1.165, 1.54) is 13.2 Å². The zero-order valence-electron chi connectivity index (χ0n) is 17.7. The SMILES string of the molecule is CCN(CC)C(=O)c1sc(NC(=O)/C=C/c2ccc(OC)c(OC)c2)c(C#N)c1C. The maximum absolute atomic E-state index is 12.7. The van der Waals surface area contributed by atoms with E-state index in [9.17, 15) is 14.9 Å². The summed E-state index contributed by atoms with van der Waals surface area (Å²) in [5, 5.41) is 12.6. The highest BCUT2D eigenvalue weighted by atomic mass is 32.1. The second-order valence-corrected chi connectivity index (χ2v) is 7.31. The number of benzene rings is 1. The van der Waals surface area contributed by atoms with E-state index in [1.807, 2.05) is 13.8 Å². The highest BCUT2D eigenvalue weighted by molar-refractivity contribution is 7.18. The van der Waals surface area contributed by atoms with Crippen molar-refractivity contribution < 1.29 is 19.1 Å². The van der Waals surface area contributed by atoms with Crippen molar-refractivity contribution in [1.29, 1.82) is 5.26 Å². The number of methoxy groups -OCH3 is 2. The quantitative estimate of drug-likeness (QED) is 0.641. The molecule has 1 aromatic carbocycles. The standard InChI is InChI=1S/C22H25N3O4S/c1-6-25(7-2)22(27)20-14(3)16(13-23)21(30-20)24-19(26)11-9-15-8-10-17(28-4)18(12-15)29-5/h8-12H,6-7H2,1-5H3,(H,24,26)/b11-9+. The molecular formula is C22H25N3O4S. The summed E-state index contributed by atoms with van der Waals surface area (Å²) in [7, 11) is 3.09. The second-order valence-electron chi connectivity index (χ2n) is 6.29. The lowest BCUT2D eigenvalue weighted by atomic mass is 10.1. The van der Waals surface area contributed by atoms with Crippen LogP contribution in [0.5, 0.6) is 11.5 Å². The van der Waals surface area contributed by atoms with Gasteiger partial charge in [-0.05, 0) is 50.1 Å².